The Hall–Kier alpha value is -1.35. The number of aliphatic hydroxyl groups excluding tert-OH is 1. The summed E-state index contributed by atoms with van der Waals surface area (Å²) in [6.07, 6.45) is 1.81. The molecule has 0 aliphatic carbocycles. The maximum absolute atomic E-state index is 11.5. The maximum atomic E-state index is 11.5. The molecule has 0 saturated carbocycles. The van der Waals surface area contributed by atoms with Crippen molar-refractivity contribution in [1.29, 1.82) is 0 Å². The van der Waals surface area contributed by atoms with E-state index in [9.17, 15) is 9.90 Å². The van der Waals surface area contributed by atoms with Crippen LogP contribution in [0, 0.1) is 13.8 Å². The number of amides is 1. The molecular weight excluding hydrogens is 226 g/mol. The first kappa shape index (κ1) is 14.7. The lowest BCUT2D eigenvalue weighted by atomic mass is 10.0. The predicted octanol–water partition coefficient (Wildman–Crippen LogP) is 2.64. The van der Waals surface area contributed by atoms with Crippen LogP contribution in [0.15, 0.2) is 18.2 Å². The summed E-state index contributed by atoms with van der Waals surface area (Å²) < 4.78 is 0. The number of rotatable bonds is 6. The first-order chi connectivity index (χ1) is 8.54. The van der Waals surface area contributed by atoms with Crippen LogP contribution in [-0.2, 0) is 4.79 Å². The van der Waals surface area contributed by atoms with Gasteiger partial charge in [-0.2, -0.15) is 0 Å². The maximum Gasteiger partial charge on any atom is 0.220 e. The Morgan fingerprint density at radius 1 is 1.39 bits per heavy atom. The van der Waals surface area contributed by atoms with Gasteiger partial charge in [0.25, 0.3) is 0 Å². The number of hydrogen-bond acceptors (Lipinski definition) is 2. The van der Waals surface area contributed by atoms with E-state index in [-0.39, 0.29) is 12.5 Å². The molecule has 0 aliphatic heterocycles. The van der Waals surface area contributed by atoms with Gasteiger partial charge in [0.15, 0.2) is 0 Å². The van der Waals surface area contributed by atoms with Crippen molar-refractivity contribution in [1.82, 2.24) is 5.32 Å². The zero-order valence-electron chi connectivity index (χ0n) is 11.5. The highest BCUT2D eigenvalue weighted by Crippen LogP contribution is 2.18. The molecule has 0 radical (unpaired) electrons. The third kappa shape index (κ3) is 4.49. The number of aryl methyl sites for hydroxylation is 2. The average molecular weight is 249 g/mol. The van der Waals surface area contributed by atoms with E-state index in [1.165, 1.54) is 0 Å². The fourth-order valence-electron chi connectivity index (χ4n) is 1.87. The minimum absolute atomic E-state index is 0.0150. The first-order valence-corrected chi connectivity index (χ1v) is 6.56. The molecule has 3 nitrogen and oxygen atoms in total. The van der Waals surface area contributed by atoms with Crippen molar-refractivity contribution in [2.24, 2.45) is 0 Å². The van der Waals surface area contributed by atoms with Crippen LogP contribution in [0.25, 0.3) is 0 Å². The van der Waals surface area contributed by atoms with Crippen LogP contribution in [0.1, 0.15) is 49.0 Å². The van der Waals surface area contributed by atoms with Crippen molar-refractivity contribution in [3.8, 4) is 0 Å². The molecule has 0 bridgehead atoms. The first-order valence-electron chi connectivity index (χ1n) is 6.56. The van der Waals surface area contributed by atoms with Crippen molar-refractivity contribution in [2.45, 2.75) is 46.1 Å². The highest BCUT2D eigenvalue weighted by atomic mass is 16.3. The Morgan fingerprint density at radius 3 is 2.78 bits per heavy atom. The van der Waals surface area contributed by atoms with Crippen LogP contribution in [-0.4, -0.2) is 17.6 Å². The van der Waals surface area contributed by atoms with Gasteiger partial charge in [-0.3, -0.25) is 4.79 Å². The molecule has 1 atom stereocenters. The topological polar surface area (TPSA) is 49.3 Å². The van der Waals surface area contributed by atoms with Crippen molar-refractivity contribution in [3.63, 3.8) is 0 Å². The van der Waals surface area contributed by atoms with E-state index < -0.39 is 6.10 Å². The molecule has 0 spiro atoms. The van der Waals surface area contributed by atoms with E-state index in [1.54, 1.807) is 0 Å². The van der Waals surface area contributed by atoms with Crippen LogP contribution < -0.4 is 5.32 Å². The molecule has 0 fully saturated rings. The molecule has 1 aromatic carbocycles. The smallest absolute Gasteiger partial charge is 0.220 e. The van der Waals surface area contributed by atoms with Crippen LogP contribution in [0.2, 0.25) is 0 Å². The number of nitrogens with one attached hydrogen (secondary N) is 1. The highest BCUT2D eigenvalue weighted by Gasteiger charge is 2.11. The van der Waals surface area contributed by atoms with E-state index in [4.69, 9.17) is 0 Å². The molecule has 1 aromatic rings. The summed E-state index contributed by atoms with van der Waals surface area (Å²) in [6.45, 7) is 6.30. The van der Waals surface area contributed by atoms with Gasteiger partial charge in [0, 0.05) is 13.0 Å². The molecule has 0 saturated heterocycles. The Balaban J connectivity index is 2.52. The fraction of sp³-hybridized carbons (Fsp3) is 0.533. The van der Waals surface area contributed by atoms with Crippen molar-refractivity contribution >= 4 is 5.91 Å². The van der Waals surface area contributed by atoms with E-state index in [0.717, 1.165) is 29.5 Å². The summed E-state index contributed by atoms with van der Waals surface area (Å²) in [4.78, 5) is 11.5. The van der Waals surface area contributed by atoms with Gasteiger partial charge in [-0.15, -0.1) is 0 Å². The van der Waals surface area contributed by atoms with Crippen molar-refractivity contribution in [3.05, 3.63) is 34.9 Å². The third-order valence-corrected chi connectivity index (χ3v) is 3.04. The molecule has 1 rings (SSSR count). The number of carbonyl (C=O) groups excluding carboxylic acids is 1. The summed E-state index contributed by atoms with van der Waals surface area (Å²) in [5.74, 6) is 0.0150. The minimum Gasteiger partial charge on any atom is -0.387 e. The summed E-state index contributed by atoms with van der Waals surface area (Å²) >= 11 is 0. The molecule has 2 N–H and O–H groups in total. The quantitative estimate of drug-likeness (QED) is 0.814. The van der Waals surface area contributed by atoms with Crippen LogP contribution in [0.4, 0.5) is 0 Å². The molecule has 100 valence electrons. The van der Waals surface area contributed by atoms with Gasteiger partial charge in [-0.1, -0.05) is 37.1 Å². The van der Waals surface area contributed by atoms with Gasteiger partial charge in [0.05, 0.1) is 6.10 Å². The Kier molecular flexibility index (Phi) is 5.86. The molecule has 3 heteroatoms. The van der Waals surface area contributed by atoms with Crippen molar-refractivity contribution in [2.75, 3.05) is 6.54 Å². The number of hydrogen-bond donors (Lipinski definition) is 2. The summed E-state index contributed by atoms with van der Waals surface area (Å²) in [7, 11) is 0. The molecule has 18 heavy (non-hydrogen) atoms. The van der Waals surface area contributed by atoms with Gasteiger partial charge < -0.3 is 10.4 Å². The second kappa shape index (κ2) is 7.17. The highest BCUT2D eigenvalue weighted by molar-refractivity contribution is 5.75. The van der Waals surface area contributed by atoms with Gasteiger partial charge in [-0.05, 0) is 31.4 Å². The van der Waals surface area contributed by atoms with Gasteiger partial charge in [0.1, 0.15) is 0 Å². The molecule has 0 heterocycles. The third-order valence-electron chi connectivity index (χ3n) is 3.04. The number of benzene rings is 1. The second-order valence-electron chi connectivity index (χ2n) is 4.78. The number of carbonyl (C=O) groups is 1. The Bertz CT molecular complexity index is 401. The lowest BCUT2D eigenvalue weighted by Crippen LogP contribution is -2.28. The van der Waals surface area contributed by atoms with Crippen LogP contribution >= 0.6 is 0 Å². The second-order valence-corrected chi connectivity index (χ2v) is 4.78. The van der Waals surface area contributed by atoms with Crippen LogP contribution in [0.3, 0.4) is 0 Å². The fourth-order valence-corrected chi connectivity index (χ4v) is 1.87. The molecule has 0 aromatic heterocycles. The van der Waals surface area contributed by atoms with Crippen molar-refractivity contribution < 1.29 is 9.90 Å². The Labute approximate surface area is 109 Å². The molecule has 0 aliphatic rings. The zero-order valence-corrected chi connectivity index (χ0v) is 11.5. The molecular formula is C15H23NO2. The van der Waals surface area contributed by atoms with Crippen LogP contribution in [0.5, 0.6) is 0 Å². The minimum atomic E-state index is -0.629. The van der Waals surface area contributed by atoms with Gasteiger partial charge >= 0.3 is 0 Å². The van der Waals surface area contributed by atoms with E-state index in [0.29, 0.717) is 6.42 Å². The zero-order chi connectivity index (χ0) is 13.5. The predicted molar refractivity (Wildman–Crippen MR) is 73.4 cm³/mol. The number of aliphatic hydroxyl groups is 1. The lowest BCUT2D eigenvalue weighted by molar-refractivity contribution is -0.121. The molecule has 1 unspecified atom stereocenters. The SMILES string of the molecule is CCCCC(=O)NCC(O)c1cc(C)ccc1C. The standard InChI is InChI=1S/C15H23NO2/c1-4-5-6-15(18)16-10-14(17)13-9-11(2)7-8-12(13)3/h7-9,14,17H,4-6,10H2,1-3H3,(H,16,18). The number of unbranched alkanes of at least 4 members (excludes halogenated alkanes) is 1. The monoisotopic (exact) mass is 249 g/mol. The Morgan fingerprint density at radius 2 is 2.11 bits per heavy atom. The van der Waals surface area contributed by atoms with E-state index >= 15 is 0 Å². The van der Waals surface area contributed by atoms with Gasteiger partial charge in [-0.25, -0.2) is 0 Å². The van der Waals surface area contributed by atoms with E-state index in [1.807, 2.05) is 32.0 Å². The average Bonchev–Trinajstić information content (AvgIpc) is 2.36. The van der Waals surface area contributed by atoms with E-state index in [2.05, 4.69) is 12.2 Å². The largest absolute Gasteiger partial charge is 0.387 e. The summed E-state index contributed by atoms with van der Waals surface area (Å²) in [5.41, 5.74) is 3.06. The molecule has 1 amide bonds. The van der Waals surface area contributed by atoms with Gasteiger partial charge in [0.2, 0.25) is 5.91 Å². The summed E-state index contributed by atoms with van der Waals surface area (Å²) in [6, 6.07) is 5.98. The lowest BCUT2D eigenvalue weighted by Gasteiger charge is -2.15. The normalized spacial score (nSPS) is 12.2. The summed E-state index contributed by atoms with van der Waals surface area (Å²) in [5, 5.41) is 12.9.